The number of ether oxygens (including phenoxy) is 1. The highest BCUT2D eigenvalue weighted by atomic mass is 32.1. The van der Waals surface area contributed by atoms with Crippen molar-refractivity contribution < 1.29 is 9.53 Å². The Hall–Kier alpha value is -0.720. The number of nitrogens with two attached hydrogens (primary N) is 1. The Morgan fingerprint density at radius 2 is 2.11 bits per heavy atom. The van der Waals surface area contributed by atoms with Crippen LogP contribution in [0.2, 0.25) is 0 Å². The van der Waals surface area contributed by atoms with E-state index in [4.69, 9.17) is 22.7 Å². The Balaban J connectivity index is 2.14. The van der Waals surface area contributed by atoms with Crippen LogP contribution in [0.1, 0.15) is 19.8 Å². The van der Waals surface area contributed by atoms with Gasteiger partial charge >= 0.3 is 0 Å². The van der Waals surface area contributed by atoms with Crippen LogP contribution >= 0.6 is 12.2 Å². The molecule has 5 nitrogen and oxygen atoms in total. The molecule has 1 heterocycles. The van der Waals surface area contributed by atoms with Gasteiger partial charge in [-0.1, -0.05) is 12.2 Å². The van der Waals surface area contributed by atoms with E-state index >= 15 is 0 Å². The molecule has 1 saturated heterocycles. The number of carbonyl (C=O) groups is 1. The van der Waals surface area contributed by atoms with Crippen molar-refractivity contribution in [3.05, 3.63) is 0 Å². The van der Waals surface area contributed by atoms with Gasteiger partial charge in [-0.05, 0) is 26.8 Å². The molecule has 1 amide bonds. The highest BCUT2D eigenvalue weighted by Crippen LogP contribution is 2.07. The van der Waals surface area contributed by atoms with E-state index in [2.05, 4.69) is 0 Å². The Kier molecular flexibility index (Phi) is 6.52. The normalized spacial score (nSPS) is 17.2. The Morgan fingerprint density at radius 1 is 1.50 bits per heavy atom. The fourth-order valence-corrected chi connectivity index (χ4v) is 1.91. The molecule has 1 unspecified atom stereocenters. The second-order valence-electron chi connectivity index (χ2n) is 4.74. The zero-order valence-electron chi connectivity index (χ0n) is 11.2. The second kappa shape index (κ2) is 7.66. The molecular weight excluding hydrogens is 250 g/mol. The smallest absolute Gasteiger partial charge is 0.236 e. The minimum Gasteiger partial charge on any atom is -0.391 e. The summed E-state index contributed by atoms with van der Waals surface area (Å²) >= 11 is 4.82. The van der Waals surface area contributed by atoms with Crippen molar-refractivity contribution >= 4 is 23.1 Å². The highest BCUT2D eigenvalue weighted by molar-refractivity contribution is 7.80. The third-order valence-corrected chi connectivity index (χ3v) is 3.44. The molecular formula is C12H23N3O2S. The average Bonchev–Trinajstić information content (AvgIpc) is 2.81. The fraction of sp³-hybridized carbons (Fsp3) is 0.833. The monoisotopic (exact) mass is 273 g/mol. The molecule has 6 heteroatoms. The first kappa shape index (κ1) is 15.3. The minimum atomic E-state index is -0.206. The van der Waals surface area contributed by atoms with Crippen molar-refractivity contribution in [3.8, 4) is 0 Å². The lowest BCUT2D eigenvalue weighted by molar-refractivity contribution is -0.131. The third-order valence-electron chi connectivity index (χ3n) is 3.11. The molecule has 0 bridgehead atoms. The molecule has 0 aromatic heterocycles. The number of likely N-dealkylation sites (N-methyl/N-ethyl adjacent to an activating group) is 1. The molecule has 0 spiro atoms. The van der Waals surface area contributed by atoms with Crippen LogP contribution in [0, 0.1) is 0 Å². The molecule has 2 N–H and O–H groups in total. The number of nitrogens with zero attached hydrogens (tertiary/aromatic N) is 2. The number of rotatable bonds is 7. The topological polar surface area (TPSA) is 58.8 Å². The van der Waals surface area contributed by atoms with E-state index in [9.17, 15) is 4.79 Å². The van der Waals surface area contributed by atoms with E-state index in [1.807, 2.05) is 23.8 Å². The predicted molar refractivity (Wildman–Crippen MR) is 75.5 cm³/mol. The van der Waals surface area contributed by atoms with Crippen LogP contribution in [0.4, 0.5) is 0 Å². The molecule has 0 aromatic carbocycles. The maximum Gasteiger partial charge on any atom is 0.236 e. The quantitative estimate of drug-likeness (QED) is 0.673. The first-order chi connectivity index (χ1) is 8.50. The summed E-state index contributed by atoms with van der Waals surface area (Å²) in [7, 11) is 1.92. The van der Waals surface area contributed by atoms with E-state index in [0.717, 1.165) is 25.9 Å². The first-order valence-electron chi connectivity index (χ1n) is 6.38. The summed E-state index contributed by atoms with van der Waals surface area (Å²) in [5.74, 6) is 0.206. The lowest BCUT2D eigenvalue weighted by atomic mass is 10.4. The summed E-state index contributed by atoms with van der Waals surface area (Å²) < 4.78 is 5.45. The van der Waals surface area contributed by atoms with Crippen LogP contribution in [0.15, 0.2) is 0 Å². The second-order valence-corrected chi connectivity index (χ2v) is 5.21. The standard InChI is InChI=1S/C12H23N3O2S/c1-10(12(13)18)17-8-7-14(2)9-11(16)15-5-3-4-6-15/h10H,3-9H2,1-2H3,(H2,13,18). The van der Waals surface area contributed by atoms with Gasteiger partial charge in [0.1, 0.15) is 11.1 Å². The van der Waals surface area contributed by atoms with Gasteiger partial charge in [-0.2, -0.15) is 0 Å². The van der Waals surface area contributed by atoms with Crippen LogP contribution in [0.25, 0.3) is 0 Å². The van der Waals surface area contributed by atoms with E-state index in [1.165, 1.54) is 0 Å². The van der Waals surface area contributed by atoms with Gasteiger partial charge in [0.2, 0.25) is 5.91 Å². The third kappa shape index (κ3) is 5.29. The summed E-state index contributed by atoms with van der Waals surface area (Å²) in [4.78, 5) is 16.1. The van der Waals surface area contributed by atoms with Crippen LogP contribution in [0.3, 0.4) is 0 Å². The number of amides is 1. The van der Waals surface area contributed by atoms with Crippen molar-refractivity contribution in [2.75, 3.05) is 39.8 Å². The van der Waals surface area contributed by atoms with Crippen molar-refractivity contribution in [1.29, 1.82) is 0 Å². The average molecular weight is 273 g/mol. The fourth-order valence-electron chi connectivity index (χ4n) is 1.84. The predicted octanol–water partition coefficient (Wildman–Crippen LogP) is 0.232. The van der Waals surface area contributed by atoms with Crippen LogP contribution in [0.5, 0.6) is 0 Å². The SMILES string of the molecule is CC(OCCN(C)CC(=O)N1CCCC1)C(N)=S. The van der Waals surface area contributed by atoms with Gasteiger partial charge in [0.15, 0.2) is 0 Å². The molecule has 1 atom stereocenters. The molecule has 1 rings (SSSR count). The summed E-state index contributed by atoms with van der Waals surface area (Å²) in [6.07, 6.45) is 2.05. The van der Waals surface area contributed by atoms with Crippen molar-refractivity contribution in [2.24, 2.45) is 5.73 Å². The number of carbonyl (C=O) groups excluding carboxylic acids is 1. The minimum absolute atomic E-state index is 0.206. The van der Waals surface area contributed by atoms with Crippen LogP contribution in [-0.4, -0.2) is 66.6 Å². The van der Waals surface area contributed by atoms with Crippen LogP contribution in [-0.2, 0) is 9.53 Å². The van der Waals surface area contributed by atoms with E-state index in [1.54, 1.807) is 0 Å². The molecule has 1 aliphatic rings. The van der Waals surface area contributed by atoms with Gasteiger partial charge in [-0.3, -0.25) is 9.69 Å². The lowest BCUT2D eigenvalue weighted by Crippen LogP contribution is -2.39. The van der Waals surface area contributed by atoms with E-state index in [-0.39, 0.29) is 12.0 Å². The number of hydrogen-bond donors (Lipinski definition) is 1. The van der Waals surface area contributed by atoms with Gasteiger partial charge in [0.25, 0.3) is 0 Å². The lowest BCUT2D eigenvalue weighted by Gasteiger charge is -2.21. The molecule has 0 saturated carbocycles. The van der Waals surface area contributed by atoms with E-state index in [0.29, 0.717) is 24.7 Å². The molecule has 104 valence electrons. The zero-order chi connectivity index (χ0) is 13.5. The van der Waals surface area contributed by atoms with Crippen molar-refractivity contribution in [3.63, 3.8) is 0 Å². The van der Waals surface area contributed by atoms with Crippen molar-refractivity contribution in [1.82, 2.24) is 9.80 Å². The van der Waals surface area contributed by atoms with Gasteiger partial charge in [-0.25, -0.2) is 0 Å². The maximum absolute atomic E-state index is 11.9. The molecule has 1 aliphatic heterocycles. The van der Waals surface area contributed by atoms with Gasteiger partial charge in [-0.15, -0.1) is 0 Å². The molecule has 0 aromatic rings. The van der Waals surface area contributed by atoms with Crippen LogP contribution < -0.4 is 5.73 Å². The Bertz CT molecular complexity index is 293. The summed E-state index contributed by atoms with van der Waals surface area (Å²) in [6.45, 7) is 5.32. The largest absolute Gasteiger partial charge is 0.391 e. The van der Waals surface area contributed by atoms with Gasteiger partial charge in [0.05, 0.1) is 13.2 Å². The maximum atomic E-state index is 11.9. The molecule has 1 fully saturated rings. The summed E-state index contributed by atoms with van der Waals surface area (Å²) in [5.41, 5.74) is 5.45. The molecule has 0 radical (unpaired) electrons. The Morgan fingerprint density at radius 3 is 2.67 bits per heavy atom. The van der Waals surface area contributed by atoms with Crippen molar-refractivity contribution in [2.45, 2.75) is 25.9 Å². The van der Waals surface area contributed by atoms with E-state index < -0.39 is 0 Å². The van der Waals surface area contributed by atoms with Gasteiger partial charge in [0, 0.05) is 19.6 Å². The Labute approximate surface area is 114 Å². The molecule has 18 heavy (non-hydrogen) atoms. The number of hydrogen-bond acceptors (Lipinski definition) is 4. The van der Waals surface area contributed by atoms with Gasteiger partial charge < -0.3 is 15.4 Å². The molecule has 0 aliphatic carbocycles. The number of thiocarbonyl (C=S) groups is 1. The zero-order valence-corrected chi connectivity index (χ0v) is 12.0. The highest BCUT2D eigenvalue weighted by Gasteiger charge is 2.18. The first-order valence-corrected chi connectivity index (χ1v) is 6.78. The summed E-state index contributed by atoms with van der Waals surface area (Å²) in [5, 5.41) is 0. The summed E-state index contributed by atoms with van der Waals surface area (Å²) in [6, 6.07) is 0. The number of likely N-dealkylation sites (tertiary alicyclic amines) is 1.